The molecule has 0 saturated carbocycles. The van der Waals surface area contributed by atoms with E-state index in [9.17, 15) is 5.11 Å². The monoisotopic (exact) mass is 308 g/mol. The van der Waals surface area contributed by atoms with Crippen LogP contribution in [0.4, 0.5) is 0 Å². The Morgan fingerprint density at radius 2 is 1.75 bits per heavy atom. The minimum absolute atomic E-state index is 0.521. The number of ether oxygens (including phenoxy) is 1. The van der Waals surface area contributed by atoms with E-state index in [1.54, 1.807) is 18.2 Å². The standard InChI is InChI=1S/C16H14Cl2O2/c17-13-7-12(8-14(18)9-13)16(19)11-3-4-15-10(6-11)2-1-5-20-15/h3-4,6-9,16,19H,1-2,5H2. The lowest BCUT2D eigenvalue weighted by Crippen LogP contribution is -2.09. The van der Waals surface area contributed by atoms with Crippen LogP contribution in [0, 0.1) is 0 Å². The Bertz CT molecular complexity index is 620. The van der Waals surface area contributed by atoms with Crippen molar-refractivity contribution in [2.45, 2.75) is 18.9 Å². The van der Waals surface area contributed by atoms with Crippen molar-refractivity contribution in [2.75, 3.05) is 6.61 Å². The number of rotatable bonds is 2. The Hall–Kier alpha value is -1.22. The van der Waals surface area contributed by atoms with Crippen LogP contribution in [0.25, 0.3) is 0 Å². The van der Waals surface area contributed by atoms with Gasteiger partial charge in [0, 0.05) is 10.0 Å². The number of aryl methyl sites for hydroxylation is 1. The SMILES string of the molecule is OC(c1cc(Cl)cc(Cl)c1)c1ccc2c(c1)CCCO2. The molecule has 3 rings (SSSR count). The van der Waals surface area contributed by atoms with Crippen molar-refractivity contribution >= 4 is 23.2 Å². The summed E-state index contributed by atoms with van der Waals surface area (Å²) in [6.45, 7) is 0.763. The second-order valence-corrected chi connectivity index (χ2v) is 5.80. The Morgan fingerprint density at radius 3 is 2.50 bits per heavy atom. The molecule has 2 aromatic carbocycles. The molecule has 4 heteroatoms. The van der Waals surface area contributed by atoms with Crippen LogP contribution >= 0.6 is 23.2 Å². The van der Waals surface area contributed by atoms with Crippen molar-refractivity contribution in [2.24, 2.45) is 0 Å². The van der Waals surface area contributed by atoms with E-state index in [-0.39, 0.29) is 0 Å². The molecule has 0 fully saturated rings. The van der Waals surface area contributed by atoms with Crippen molar-refractivity contribution in [3.63, 3.8) is 0 Å². The molecule has 2 aromatic rings. The van der Waals surface area contributed by atoms with Gasteiger partial charge in [-0.1, -0.05) is 29.3 Å². The fraction of sp³-hybridized carbons (Fsp3) is 0.250. The molecule has 0 amide bonds. The highest BCUT2D eigenvalue weighted by atomic mass is 35.5. The molecular weight excluding hydrogens is 295 g/mol. The minimum Gasteiger partial charge on any atom is -0.493 e. The van der Waals surface area contributed by atoms with Crippen LogP contribution in [0.2, 0.25) is 10.0 Å². The first kappa shape index (κ1) is 13.7. The second-order valence-electron chi connectivity index (χ2n) is 4.92. The average molecular weight is 309 g/mol. The maximum absolute atomic E-state index is 10.5. The summed E-state index contributed by atoms with van der Waals surface area (Å²) >= 11 is 12.0. The van der Waals surface area contributed by atoms with E-state index in [1.807, 2.05) is 18.2 Å². The Morgan fingerprint density at radius 1 is 1.00 bits per heavy atom. The van der Waals surface area contributed by atoms with Gasteiger partial charge in [-0.25, -0.2) is 0 Å². The molecule has 20 heavy (non-hydrogen) atoms. The van der Waals surface area contributed by atoms with E-state index >= 15 is 0 Å². The number of fused-ring (bicyclic) bond motifs is 1. The zero-order valence-electron chi connectivity index (χ0n) is 10.8. The average Bonchev–Trinajstić information content (AvgIpc) is 2.45. The molecule has 2 nitrogen and oxygen atoms in total. The highest BCUT2D eigenvalue weighted by Gasteiger charge is 2.16. The predicted molar refractivity (Wildman–Crippen MR) is 80.8 cm³/mol. The first-order valence-corrected chi connectivity index (χ1v) is 7.29. The third-order valence-corrected chi connectivity index (χ3v) is 3.89. The Labute approximate surface area is 127 Å². The first-order valence-electron chi connectivity index (χ1n) is 6.53. The van der Waals surface area contributed by atoms with Crippen LogP contribution in [-0.4, -0.2) is 11.7 Å². The normalized spacial score (nSPS) is 15.3. The summed E-state index contributed by atoms with van der Waals surface area (Å²) in [6, 6.07) is 10.9. The van der Waals surface area contributed by atoms with E-state index in [2.05, 4.69) is 0 Å². The van der Waals surface area contributed by atoms with Crippen LogP contribution in [0.3, 0.4) is 0 Å². The van der Waals surface area contributed by atoms with Crippen molar-refractivity contribution < 1.29 is 9.84 Å². The van der Waals surface area contributed by atoms with Crippen molar-refractivity contribution in [3.8, 4) is 5.75 Å². The molecule has 0 spiro atoms. The lowest BCUT2D eigenvalue weighted by atomic mass is 9.97. The molecule has 1 aliphatic heterocycles. The van der Waals surface area contributed by atoms with Gasteiger partial charge in [0.15, 0.2) is 0 Å². The fourth-order valence-corrected chi connectivity index (χ4v) is 3.02. The smallest absolute Gasteiger partial charge is 0.122 e. The Kier molecular flexibility index (Phi) is 3.88. The van der Waals surface area contributed by atoms with Gasteiger partial charge in [0.05, 0.1) is 6.61 Å². The lowest BCUT2D eigenvalue weighted by molar-refractivity contribution is 0.219. The summed E-state index contributed by atoms with van der Waals surface area (Å²) in [4.78, 5) is 0. The molecular formula is C16H14Cl2O2. The van der Waals surface area contributed by atoms with Crippen LogP contribution in [0.5, 0.6) is 5.75 Å². The van der Waals surface area contributed by atoms with Gasteiger partial charge < -0.3 is 9.84 Å². The largest absolute Gasteiger partial charge is 0.493 e. The van der Waals surface area contributed by atoms with Gasteiger partial charge in [-0.3, -0.25) is 0 Å². The molecule has 1 aliphatic rings. The van der Waals surface area contributed by atoms with Crippen LogP contribution in [0.15, 0.2) is 36.4 Å². The van der Waals surface area contributed by atoms with Gasteiger partial charge in [0.2, 0.25) is 0 Å². The fourth-order valence-electron chi connectivity index (χ4n) is 2.48. The van der Waals surface area contributed by atoms with E-state index < -0.39 is 6.10 Å². The third-order valence-electron chi connectivity index (χ3n) is 3.45. The number of hydrogen-bond donors (Lipinski definition) is 1. The lowest BCUT2D eigenvalue weighted by Gasteiger charge is -2.20. The molecule has 1 heterocycles. The zero-order valence-corrected chi connectivity index (χ0v) is 12.3. The number of aliphatic hydroxyl groups excluding tert-OH is 1. The van der Waals surface area contributed by atoms with E-state index in [0.29, 0.717) is 15.6 Å². The van der Waals surface area contributed by atoms with E-state index in [1.165, 1.54) is 0 Å². The quantitative estimate of drug-likeness (QED) is 0.891. The Balaban J connectivity index is 1.95. The summed E-state index contributed by atoms with van der Waals surface area (Å²) in [5.74, 6) is 0.913. The summed E-state index contributed by atoms with van der Waals surface area (Å²) in [6.07, 6.45) is 1.25. The summed E-state index contributed by atoms with van der Waals surface area (Å²) < 4.78 is 5.58. The summed E-state index contributed by atoms with van der Waals surface area (Å²) in [5.41, 5.74) is 2.66. The van der Waals surface area contributed by atoms with Gasteiger partial charge >= 0.3 is 0 Å². The van der Waals surface area contributed by atoms with Crippen LogP contribution < -0.4 is 4.74 Å². The molecule has 0 aliphatic carbocycles. The predicted octanol–water partition coefficient (Wildman–Crippen LogP) is 4.40. The first-order chi connectivity index (χ1) is 9.63. The van der Waals surface area contributed by atoms with E-state index in [0.717, 1.165) is 36.3 Å². The minimum atomic E-state index is -0.738. The molecule has 1 unspecified atom stereocenters. The zero-order chi connectivity index (χ0) is 14.1. The molecule has 1 N–H and O–H groups in total. The highest BCUT2D eigenvalue weighted by molar-refractivity contribution is 6.34. The van der Waals surface area contributed by atoms with Gasteiger partial charge in [-0.05, 0) is 59.9 Å². The van der Waals surface area contributed by atoms with Crippen molar-refractivity contribution in [1.82, 2.24) is 0 Å². The van der Waals surface area contributed by atoms with Gasteiger partial charge in [-0.2, -0.15) is 0 Å². The molecule has 0 aromatic heterocycles. The second kappa shape index (κ2) is 5.65. The van der Waals surface area contributed by atoms with Crippen LogP contribution in [0.1, 0.15) is 29.2 Å². The summed E-state index contributed by atoms with van der Waals surface area (Å²) in [5, 5.41) is 11.5. The van der Waals surface area contributed by atoms with E-state index in [4.69, 9.17) is 27.9 Å². The highest BCUT2D eigenvalue weighted by Crippen LogP contribution is 2.32. The molecule has 0 radical (unpaired) electrons. The van der Waals surface area contributed by atoms with Crippen molar-refractivity contribution in [3.05, 3.63) is 63.1 Å². The third kappa shape index (κ3) is 2.78. The number of halogens is 2. The number of benzene rings is 2. The molecule has 1 atom stereocenters. The molecule has 0 bridgehead atoms. The van der Waals surface area contributed by atoms with Gasteiger partial charge in [-0.15, -0.1) is 0 Å². The molecule has 0 saturated heterocycles. The number of hydrogen-bond acceptors (Lipinski definition) is 2. The van der Waals surface area contributed by atoms with Gasteiger partial charge in [0.25, 0.3) is 0 Å². The van der Waals surface area contributed by atoms with Crippen LogP contribution in [-0.2, 0) is 6.42 Å². The maximum Gasteiger partial charge on any atom is 0.122 e. The topological polar surface area (TPSA) is 29.5 Å². The van der Waals surface area contributed by atoms with Crippen molar-refractivity contribution in [1.29, 1.82) is 0 Å². The molecule has 104 valence electrons. The maximum atomic E-state index is 10.5. The number of aliphatic hydroxyl groups is 1. The summed E-state index contributed by atoms with van der Waals surface area (Å²) in [7, 11) is 0. The van der Waals surface area contributed by atoms with Gasteiger partial charge in [0.1, 0.15) is 11.9 Å².